The van der Waals surface area contributed by atoms with Crippen molar-refractivity contribution in [3.05, 3.63) is 35.4 Å². The van der Waals surface area contributed by atoms with Crippen LogP contribution in [0.2, 0.25) is 0 Å². The molecule has 0 aliphatic carbocycles. The fraction of sp³-hybridized carbons (Fsp3) is 0.353. The number of carbonyl (C=O) groups excluding carboxylic acids is 3. The molecule has 1 aliphatic rings. The van der Waals surface area contributed by atoms with E-state index in [0.29, 0.717) is 0 Å². The summed E-state index contributed by atoms with van der Waals surface area (Å²) in [6.45, 7) is 5.22. The van der Waals surface area contributed by atoms with Crippen molar-refractivity contribution in [2.24, 2.45) is 0 Å². The highest BCUT2D eigenvalue weighted by atomic mass is 16.2. The zero-order valence-electron chi connectivity index (χ0n) is 14.0. The first kappa shape index (κ1) is 16.7. The minimum absolute atomic E-state index is 0.0443. The van der Waals surface area contributed by atoms with Crippen LogP contribution in [-0.2, 0) is 9.59 Å². The highest BCUT2D eigenvalue weighted by molar-refractivity contribution is 6.31. The number of rotatable bonds is 2. The van der Waals surface area contributed by atoms with E-state index >= 15 is 0 Å². The number of amides is 4. The van der Waals surface area contributed by atoms with Gasteiger partial charge in [-0.1, -0.05) is 12.1 Å². The molecule has 0 saturated carbocycles. The zero-order chi connectivity index (χ0) is 17.4. The molecule has 0 bridgehead atoms. The van der Waals surface area contributed by atoms with Gasteiger partial charge in [-0.15, -0.1) is 0 Å². The first-order valence-electron chi connectivity index (χ1n) is 7.30. The van der Waals surface area contributed by atoms with Crippen LogP contribution < -0.4 is 10.2 Å². The number of barbiturate groups is 1. The molecule has 0 atom stereocenters. The minimum atomic E-state index is -0.713. The molecule has 1 aromatic carbocycles. The molecule has 2 rings (SSSR count). The van der Waals surface area contributed by atoms with Gasteiger partial charge in [0.1, 0.15) is 5.57 Å². The first-order valence-corrected chi connectivity index (χ1v) is 7.30. The van der Waals surface area contributed by atoms with Crippen molar-refractivity contribution in [2.45, 2.75) is 26.3 Å². The van der Waals surface area contributed by atoms with Crippen molar-refractivity contribution in [1.82, 2.24) is 10.2 Å². The van der Waals surface area contributed by atoms with Crippen molar-refractivity contribution in [1.29, 1.82) is 0 Å². The molecule has 6 heteroatoms. The molecule has 1 aromatic rings. The van der Waals surface area contributed by atoms with Gasteiger partial charge in [0, 0.05) is 25.3 Å². The Kier molecular flexibility index (Phi) is 4.27. The highest BCUT2D eigenvalue weighted by Crippen LogP contribution is 2.22. The smallest absolute Gasteiger partial charge is 0.331 e. The summed E-state index contributed by atoms with van der Waals surface area (Å²) in [5.74, 6) is -1.25. The van der Waals surface area contributed by atoms with Gasteiger partial charge in [-0.05, 0) is 44.5 Å². The van der Waals surface area contributed by atoms with Gasteiger partial charge in [0.2, 0.25) is 0 Å². The highest BCUT2D eigenvalue weighted by Gasteiger charge is 2.41. The second-order valence-electron chi connectivity index (χ2n) is 6.61. The standard InChI is InChI=1S/C17H21N3O3/c1-17(2,3)20-15(22)13(14(21)18-16(20)23)10-11-6-8-12(9-7-11)19(4)5/h6-10H,1-5H3,(H,18,21,23). The van der Waals surface area contributed by atoms with Crippen molar-refractivity contribution in [2.75, 3.05) is 19.0 Å². The predicted octanol–water partition coefficient (Wildman–Crippen LogP) is 2.01. The van der Waals surface area contributed by atoms with E-state index in [1.54, 1.807) is 20.8 Å². The Morgan fingerprint density at radius 2 is 1.61 bits per heavy atom. The Hall–Kier alpha value is -2.63. The molecule has 1 N–H and O–H groups in total. The molecule has 0 radical (unpaired) electrons. The van der Waals surface area contributed by atoms with Gasteiger partial charge in [0.15, 0.2) is 0 Å². The molecular formula is C17H21N3O3. The lowest BCUT2D eigenvalue weighted by molar-refractivity contribution is -0.133. The first-order chi connectivity index (χ1) is 10.6. The maximum Gasteiger partial charge on any atom is 0.331 e. The summed E-state index contributed by atoms with van der Waals surface area (Å²) in [5.41, 5.74) is 0.975. The number of hydrogen-bond acceptors (Lipinski definition) is 4. The van der Waals surface area contributed by atoms with Crippen LogP contribution in [0, 0.1) is 0 Å². The van der Waals surface area contributed by atoms with Crippen LogP contribution in [-0.4, -0.2) is 42.4 Å². The number of nitrogens with zero attached hydrogens (tertiary/aromatic N) is 2. The average Bonchev–Trinajstić information content (AvgIpc) is 2.42. The average molecular weight is 315 g/mol. The van der Waals surface area contributed by atoms with E-state index in [1.165, 1.54) is 6.08 Å². The molecule has 0 unspecified atom stereocenters. The topological polar surface area (TPSA) is 69.7 Å². The van der Waals surface area contributed by atoms with Crippen LogP contribution in [0.5, 0.6) is 0 Å². The number of anilines is 1. The predicted molar refractivity (Wildman–Crippen MR) is 88.9 cm³/mol. The summed E-state index contributed by atoms with van der Waals surface area (Å²) in [6.07, 6.45) is 1.50. The molecule has 6 nitrogen and oxygen atoms in total. The number of imide groups is 2. The summed E-state index contributed by atoms with van der Waals surface area (Å²) in [5, 5.41) is 2.22. The Bertz CT molecular complexity index is 682. The molecule has 1 heterocycles. The second kappa shape index (κ2) is 5.87. The Morgan fingerprint density at radius 3 is 2.09 bits per heavy atom. The summed E-state index contributed by atoms with van der Waals surface area (Å²) in [4.78, 5) is 39.5. The van der Waals surface area contributed by atoms with E-state index in [-0.39, 0.29) is 5.57 Å². The van der Waals surface area contributed by atoms with E-state index in [1.807, 2.05) is 43.3 Å². The van der Waals surface area contributed by atoms with E-state index in [0.717, 1.165) is 16.2 Å². The molecule has 122 valence electrons. The molecule has 1 aliphatic heterocycles. The maximum atomic E-state index is 12.5. The number of urea groups is 1. The quantitative estimate of drug-likeness (QED) is 0.669. The van der Waals surface area contributed by atoms with Gasteiger partial charge in [-0.3, -0.25) is 19.8 Å². The fourth-order valence-corrected chi connectivity index (χ4v) is 2.30. The monoisotopic (exact) mass is 315 g/mol. The van der Waals surface area contributed by atoms with E-state index in [9.17, 15) is 14.4 Å². The van der Waals surface area contributed by atoms with Crippen LogP contribution in [0.15, 0.2) is 29.8 Å². The van der Waals surface area contributed by atoms with Crippen molar-refractivity contribution in [3.8, 4) is 0 Å². The normalized spacial score (nSPS) is 17.5. The third-order valence-corrected chi connectivity index (χ3v) is 3.49. The Balaban J connectivity index is 2.38. The van der Waals surface area contributed by atoms with Gasteiger partial charge in [0.25, 0.3) is 11.8 Å². The summed E-state index contributed by atoms with van der Waals surface area (Å²) < 4.78 is 0. The van der Waals surface area contributed by atoms with Gasteiger partial charge in [-0.25, -0.2) is 4.79 Å². The van der Waals surface area contributed by atoms with Crippen LogP contribution in [0.3, 0.4) is 0 Å². The lowest BCUT2D eigenvalue weighted by Crippen LogP contribution is -2.60. The van der Waals surface area contributed by atoms with Gasteiger partial charge in [0.05, 0.1) is 0 Å². The molecule has 1 fully saturated rings. The summed E-state index contributed by atoms with van der Waals surface area (Å²) in [6, 6.07) is 6.74. The van der Waals surface area contributed by atoms with Crippen LogP contribution in [0.25, 0.3) is 6.08 Å². The lowest BCUT2D eigenvalue weighted by Gasteiger charge is -2.36. The fourth-order valence-electron chi connectivity index (χ4n) is 2.30. The molecular weight excluding hydrogens is 294 g/mol. The molecule has 1 saturated heterocycles. The number of hydrogen-bond donors (Lipinski definition) is 1. The number of carbonyl (C=O) groups is 3. The zero-order valence-corrected chi connectivity index (χ0v) is 14.0. The summed E-state index contributed by atoms with van der Waals surface area (Å²) >= 11 is 0. The lowest BCUT2D eigenvalue weighted by atomic mass is 10.0. The van der Waals surface area contributed by atoms with E-state index in [4.69, 9.17) is 0 Å². The minimum Gasteiger partial charge on any atom is -0.378 e. The van der Waals surface area contributed by atoms with E-state index in [2.05, 4.69) is 5.32 Å². The summed E-state index contributed by atoms with van der Waals surface area (Å²) in [7, 11) is 3.86. The van der Waals surface area contributed by atoms with Crippen molar-refractivity contribution in [3.63, 3.8) is 0 Å². The van der Waals surface area contributed by atoms with Crippen LogP contribution in [0.1, 0.15) is 26.3 Å². The van der Waals surface area contributed by atoms with Gasteiger partial charge >= 0.3 is 6.03 Å². The third kappa shape index (κ3) is 3.41. The number of nitrogens with one attached hydrogen (secondary N) is 1. The number of benzene rings is 1. The Morgan fingerprint density at radius 1 is 1.04 bits per heavy atom. The molecule has 4 amide bonds. The second-order valence-corrected chi connectivity index (χ2v) is 6.61. The van der Waals surface area contributed by atoms with Crippen molar-refractivity contribution < 1.29 is 14.4 Å². The third-order valence-electron chi connectivity index (χ3n) is 3.49. The van der Waals surface area contributed by atoms with Crippen molar-refractivity contribution >= 4 is 29.6 Å². The van der Waals surface area contributed by atoms with Crippen LogP contribution in [0.4, 0.5) is 10.5 Å². The SMILES string of the molecule is CN(C)c1ccc(C=C2C(=O)NC(=O)N(C(C)(C)C)C2=O)cc1. The van der Waals surface area contributed by atoms with E-state index < -0.39 is 23.4 Å². The molecule has 0 spiro atoms. The van der Waals surface area contributed by atoms with Gasteiger partial charge in [-0.2, -0.15) is 0 Å². The van der Waals surface area contributed by atoms with Crippen LogP contribution >= 0.6 is 0 Å². The van der Waals surface area contributed by atoms with Gasteiger partial charge < -0.3 is 4.90 Å². The molecule has 23 heavy (non-hydrogen) atoms. The largest absolute Gasteiger partial charge is 0.378 e. The molecule has 0 aromatic heterocycles. The maximum absolute atomic E-state index is 12.5. The Labute approximate surface area is 135 Å².